The van der Waals surface area contributed by atoms with Gasteiger partial charge in [0, 0.05) is 48.2 Å². The van der Waals surface area contributed by atoms with E-state index >= 15 is 0 Å². The molecule has 1 aliphatic carbocycles. The molecule has 5 heterocycles. The average molecular weight is 493 g/mol. The topological polar surface area (TPSA) is 107 Å². The van der Waals surface area contributed by atoms with Gasteiger partial charge < -0.3 is 15.5 Å². The maximum Gasteiger partial charge on any atom is 0.326 e. The van der Waals surface area contributed by atoms with Gasteiger partial charge in [0.15, 0.2) is 5.65 Å². The summed E-state index contributed by atoms with van der Waals surface area (Å²) in [5, 5.41) is 12.8. The molecule has 0 aromatic carbocycles. The van der Waals surface area contributed by atoms with Crippen LogP contribution < -0.4 is 16.0 Å². The third kappa shape index (κ3) is 4.54. The van der Waals surface area contributed by atoms with Crippen LogP contribution in [0.4, 0.5) is 10.6 Å². The summed E-state index contributed by atoms with van der Waals surface area (Å²) < 4.78 is 1.77. The maximum absolute atomic E-state index is 12.0. The molecule has 1 unspecified atom stereocenters. The highest BCUT2D eigenvalue weighted by atomic mass is 32.1. The van der Waals surface area contributed by atoms with Crippen molar-refractivity contribution in [2.75, 3.05) is 32.5 Å². The number of imide groups is 1. The van der Waals surface area contributed by atoms with Crippen molar-refractivity contribution in [3.63, 3.8) is 0 Å². The molecular weight excluding hydrogens is 464 g/mol. The predicted molar refractivity (Wildman–Crippen MR) is 135 cm³/mol. The molecule has 3 N–H and O–H groups in total. The number of aromatic nitrogens is 3. The highest BCUT2D eigenvalue weighted by Crippen LogP contribution is 2.33. The van der Waals surface area contributed by atoms with Gasteiger partial charge in [-0.2, -0.15) is 9.61 Å². The number of carbonyl (C=O) groups is 2. The van der Waals surface area contributed by atoms with Gasteiger partial charge in [-0.15, -0.1) is 11.3 Å². The zero-order chi connectivity index (χ0) is 24.1. The van der Waals surface area contributed by atoms with Crippen LogP contribution in [0.5, 0.6) is 0 Å². The summed E-state index contributed by atoms with van der Waals surface area (Å²) in [6.07, 6.45) is 6.77. The van der Waals surface area contributed by atoms with Crippen molar-refractivity contribution in [1.29, 1.82) is 0 Å². The SMILES string of the molecule is CN(C)C1CCN(Cc2ccc(-c3cc(NC4CC4)n4ncc(/C=C5\NC(=O)NC5=O)c4n3)s2)C1. The standard InChI is InChI=1S/C24H28N8O2S/c1-30(2)16-7-8-31(12-16)13-17-5-6-20(35-17)18-10-21(26-15-3-4-15)32-22(27-18)14(11-25-32)9-19-23(33)29-24(34)28-19/h5-6,9-11,15-16,26H,3-4,7-8,12-13H2,1-2H3,(H2,28,29,33,34)/b19-9-. The molecule has 0 spiro atoms. The first kappa shape index (κ1) is 22.2. The lowest BCUT2D eigenvalue weighted by Gasteiger charge is -2.19. The lowest BCUT2D eigenvalue weighted by molar-refractivity contribution is -0.115. The van der Waals surface area contributed by atoms with Crippen LogP contribution in [-0.2, 0) is 11.3 Å². The van der Waals surface area contributed by atoms with Crippen molar-refractivity contribution in [3.8, 4) is 10.6 Å². The molecule has 35 heavy (non-hydrogen) atoms. The first-order chi connectivity index (χ1) is 16.9. The van der Waals surface area contributed by atoms with Crippen LogP contribution in [-0.4, -0.2) is 75.6 Å². The number of thiophene rings is 1. The van der Waals surface area contributed by atoms with Gasteiger partial charge in [0.2, 0.25) is 0 Å². The predicted octanol–water partition coefficient (Wildman–Crippen LogP) is 2.35. The fourth-order valence-electron chi connectivity index (χ4n) is 4.58. The lowest BCUT2D eigenvalue weighted by atomic mass is 10.2. The summed E-state index contributed by atoms with van der Waals surface area (Å²) in [6, 6.07) is 6.92. The van der Waals surface area contributed by atoms with Crippen LogP contribution in [0.3, 0.4) is 0 Å². The van der Waals surface area contributed by atoms with Crippen molar-refractivity contribution in [2.24, 2.45) is 0 Å². The number of rotatable bonds is 7. The summed E-state index contributed by atoms with van der Waals surface area (Å²) in [7, 11) is 4.31. The van der Waals surface area contributed by atoms with Crippen LogP contribution >= 0.6 is 11.3 Å². The lowest BCUT2D eigenvalue weighted by Crippen LogP contribution is -2.31. The number of likely N-dealkylation sites (N-methyl/N-ethyl adjacent to an activating group) is 1. The largest absolute Gasteiger partial charge is 0.367 e. The van der Waals surface area contributed by atoms with E-state index in [0.717, 1.165) is 48.9 Å². The monoisotopic (exact) mass is 492 g/mol. The Labute approximate surface area is 207 Å². The Morgan fingerprint density at radius 3 is 2.80 bits per heavy atom. The number of likely N-dealkylation sites (tertiary alicyclic amines) is 1. The zero-order valence-electron chi connectivity index (χ0n) is 19.7. The van der Waals surface area contributed by atoms with E-state index < -0.39 is 11.9 Å². The number of amides is 3. The van der Waals surface area contributed by atoms with Gasteiger partial charge in [0.25, 0.3) is 5.91 Å². The maximum atomic E-state index is 12.0. The number of anilines is 1. The highest BCUT2D eigenvalue weighted by molar-refractivity contribution is 7.15. The Morgan fingerprint density at radius 1 is 1.23 bits per heavy atom. The third-order valence-electron chi connectivity index (χ3n) is 6.72. The van der Waals surface area contributed by atoms with Gasteiger partial charge in [0.05, 0.1) is 16.8 Å². The number of carbonyl (C=O) groups excluding carboxylic acids is 2. The molecule has 182 valence electrons. The molecule has 3 amide bonds. The Kier molecular flexibility index (Phi) is 5.54. The second kappa shape index (κ2) is 8.74. The van der Waals surface area contributed by atoms with Gasteiger partial charge in [-0.1, -0.05) is 0 Å². The molecule has 3 aliphatic rings. The van der Waals surface area contributed by atoms with E-state index in [1.807, 2.05) is 6.07 Å². The zero-order valence-corrected chi connectivity index (χ0v) is 20.6. The number of nitrogens with zero attached hydrogens (tertiary/aromatic N) is 5. The number of hydrogen-bond acceptors (Lipinski definition) is 8. The summed E-state index contributed by atoms with van der Waals surface area (Å²) in [6.45, 7) is 3.16. The highest BCUT2D eigenvalue weighted by Gasteiger charge is 2.26. The molecule has 1 atom stereocenters. The first-order valence-electron chi connectivity index (χ1n) is 11.9. The van der Waals surface area contributed by atoms with E-state index in [0.29, 0.717) is 23.3 Å². The Hall–Kier alpha value is -3.28. The van der Waals surface area contributed by atoms with E-state index in [-0.39, 0.29) is 5.70 Å². The van der Waals surface area contributed by atoms with Crippen LogP contribution in [0.25, 0.3) is 22.3 Å². The van der Waals surface area contributed by atoms with Crippen molar-refractivity contribution in [3.05, 3.63) is 40.5 Å². The van der Waals surface area contributed by atoms with Gasteiger partial charge >= 0.3 is 6.03 Å². The fourth-order valence-corrected chi connectivity index (χ4v) is 5.59. The van der Waals surface area contributed by atoms with Crippen LogP contribution in [0.2, 0.25) is 0 Å². The smallest absolute Gasteiger partial charge is 0.326 e. The van der Waals surface area contributed by atoms with Crippen LogP contribution in [0.1, 0.15) is 29.7 Å². The number of urea groups is 1. The second-order valence-electron chi connectivity index (χ2n) is 9.65. The summed E-state index contributed by atoms with van der Waals surface area (Å²) >= 11 is 1.76. The normalized spacial score (nSPS) is 21.9. The van der Waals surface area contributed by atoms with E-state index in [2.05, 4.69) is 57.1 Å². The van der Waals surface area contributed by atoms with Crippen LogP contribution in [0.15, 0.2) is 30.1 Å². The van der Waals surface area contributed by atoms with Gasteiger partial charge in [-0.05, 0) is 51.6 Å². The fraction of sp³-hybridized carbons (Fsp3) is 0.417. The molecule has 2 saturated heterocycles. The average Bonchev–Trinajstić information content (AvgIpc) is 3.18. The first-order valence-corrected chi connectivity index (χ1v) is 12.7. The number of fused-ring (bicyclic) bond motifs is 1. The number of hydrogen-bond donors (Lipinski definition) is 3. The molecule has 6 rings (SSSR count). The number of nitrogens with one attached hydrogen (secondary N) is 3. The molecule has 3 fully saturated rings. The minimum atomic E-state index is -0.525. The van der Waals surface area contributed by atoms with Gasteiger partial charge in [-0.3, -0.25) is 15.0 Å². The van der Waals surface area contributed by atoms with Gasteiger partial charge in [0.1, 0.15) is 11.5 Å². The van der Waals surface area contributed by atoms with Crippen molar-refractivity contribution in [2.45, 2.75) is 37.9 Å². The van der Waals surface area contributed by atoms with Crippen LogP contribution in [0, 0.1) is 0 Å². The molecule has 0 radical (unpaired) electrons. The van der Waals surface area contributed by atoms with Crippen molar-refractivity contribution in [1.82, 2.24) is 35.0 Å². The van der Waals surface area contributed by atoms with Crippen molar-refractivity contribution < 1.29 is 9.59 Å². The van der Waals surface area contributed by atoms with Gasteiger partial charge in [-0.25, -0.2) is 9.78 Å². The molecular formula is C24H28N8O2S. The molecule has 10 nitrogen and oxygen atoms in total. The summed E-state index contributed by atoms with van der Waals surface area (Å²) in [5.41, 5.74) is 2.36. The van der Waals surface area contributed by atoms with E-state index in [1.165, 1.54) is 11.3 Å². The third-order valence-corrected chi connectivity index (χ3v) is 7.81. The molecule has 3 aromatic heterocycles. The molecule has 0 bridgehead atoms. The summed E-state index contributed by atoms with van der Waals surface area (Å²) in [5.74, 6) is 0.420. The second-order valence-corrected chi connectivity index (χ2v) is 10.8. The van der Waals surface area contributed by atoms with Crippen molar-refractivity contribution >= 4 is 40.8 Å². The van der Waals surface area contributed by atoms with E-state index in [4.69, 9.17) is 4.98 Å². The van der Waals surface area contributed by atoms with E-state index in [9.17, 15) is 9.59 Å². The molecule has 11 heteroatoms. The summed E-state index contributed by atoms with van der Waals surface area (Å²) in [4.78, 5) is 35.7. The van der Waals surface area contributed by atoms with E-state index in [1.54, 1.807) is 28.1 Å². The molecule has 3 aromatic rings. The quantitative estimate of drug-likeness (QED) is 0.343. The Morgan fingerprint density at radius 2 is 2.09 bits per heavy atom. The molecule has 1 saturated carbocycles. The Balaban J connectivity index is 1.31. The Bertz CT molecular complexity index is 1340. The molecule has 2 aliphatic heterocycles. The minimum Gasteiger partial charge on any atom is -0.367 e. The minimum absolute atomic E-state index is 0.189.